The molecule has 39 heavy (non-hydrogen) atoms. The van der Waals surface area contributed by atoms with E-state index in [9.17, 15) is 32.3 Å². The van der Waals surface area contributed by atoms with E-state index in [1.54, 1.807) is 0 Å². The smallest absolute Gasteiger partial charge is 0.382 e. The molecule has 1 fully saturated rings. The summed E-state index contributed by atoms with van der Waals surface area (Å²) in [7, 11) is 0. The molecule has 1 aromatic carbocycles. The molecule has 16 heteroatoms. The molecule has 204 valence electrons. The van der Waals surface area contributed by atoms with E-state index in [1.807, 2.05) is 0 Å². The lowest BCUT2D eigenvalue weighted by atomic mass is 10.2. The molecular weight excluding hydrogens is 548 g/mol. The second-order valence-electron chi connectivity index (χ2n) is 8.75. The van der Waals surface area contributed by atoms with Gasteiger partial charge in [0.1, 0.15) is 19.0 Å². The maximum atomic E-state index is 13.2. The van der Waals surface area contributed by atoms with Crippen molar-refractivity contribution < 1.29 is 27.5 Å². The van der Waals surface area contributed by atoms with Gasteiger partial charge in [-0.25, -0.2) is 28.5 Å². The number of carbonyl (C=O) groups excluding carboxylic acids is 1. The lowest BCUT2D eigenvalue weighted by molar-refractivity contribution is -0.207. The van der Waals surface area contributed by atoms with Crippen LogP contribution in [-0.2, 0) is 13.1 Å². The van der Waals surface area contributed by atoms with Crippen molar-refractivity contribution >= 4 is 17.5 Å². The quantitative estimate of drug-likeness (QED) is 0.312. The van der Waals surface area contributed by atoms with Crippen LogP contribution >= 0.6 is 11.6 Å². The first kappa shape index (κ1) is 26.5. The molecule has 1 saturated carbocycles. The predicted octanol–water partition coefficient (Wildman–Crippen LogP) is 2.15. The van der Waals surface area contributed by atoms with Crippen LogP contribution < -0.4 is 11.0 Å². The highest BCUT2D eigenvalue weighted by molar-refractivity contribution is 6.30. The fourth-order valence-electron chi connectivity index (χ4n) is 3.72. The second-order valence-corrected chi connectivity index (χ2v) is 9.19. The maximum absolute atomic E-state index is 13.2. The van der Waals surface area contributed by atoms with Gasteiger partial charge in [0.25, 0.3) is 5.91 Å². The van der Waals surface area contributed by atoms with Crippen molar-refractivity contribution in [2.24, 2.45) is 0 Å². The van der Waals surface area contributed by atoms with E-state index in [1.165, 1.54) is 53.6 Å². The molecule has 0 radical (unpaired) electrons. The summed E-state index contributed by atoms with van der Waals surface area (Å²) in [5.74, 6) is -0.554. The molecule has 1 aliphatic rings. The van der Waals surface area contributed by atoms with Gasteiger partial charge in [0.05, 0.1) is 18.2 Å². The summed E-state index contributed by atoms with van der Waals surface area (Å²) in [6, 6.07) is 8.33. The minimum Gasteiger partial charge on any atom is -0.382 e. The van der Waals surface area contributed by atoms with E-state index in [0.717, 1.165) is 4.68 Å². The van der Waals surface area contributed by atoms with Crippen LogP contribution in [-0.4, -0.2) is 69.6 Å². The zero-order valence-electron chi connectivity index (χ0n) is 19.8. The highest BCUT2D eigenvalue weighted by Crippen LogP contribution is 2.26. The number of pyridine rings is 1. The average molecular weight is 567 g/mol. The number of amides is 1. The van der Waals surface area contributed by atoms with Crippen LogP contribution in [0, 0.1) is 0 Å². The van der Waals surface area contributed by atoms with Crippen LogP contribution in [0.3, 0.4) is 0 Å². The largest absolute Gasteiger partial charge is 0.416 e. The molecule has 0 spiro atoms. The summed E-state index contributed by atoms with van der Waals surface area (Å²) in [5, 5.41) is 20.9. The van der Waals surface area contributed by atoms with E-state index in [4.69, 9.17) is 11.6 Å². The number of hydrogen-bond donors (Lipinski definition) is 2. The van der Waals surface area contributed by atoms with E-state index < -0.39 is 42.6 Å². The number of nitrogens with zero attached hydrogens (tertiary/aromatic N) is 7. The van der Waals surface area contributed by atoms with Crippen molar-refractivity contribution in [1.82, 2.24) is 39.4 Å². The molecule has 0 bridgehead atoms. The van der Waals surface area contributed by atoms with Crippen LogP contribution in [0.25, 0.3) is 17.2 Å². The third-order valence-corrected chi connectivity index (χ3v) is 6.12. The number of aromatic nitrogens is 7. The Balaban J connectivity index is 1.44. The average Bonchev–Trinajstić information content (AvgIpc) is 3.26. The van der Waals surface area contributed by atoms with Crippen molar-refractivity contribution in [3.8, 4) is 17.2 Å². The summed E-state index contributed by atoms with van der Waals surface area (Å²) in [5.41, 5.74) is -0.540. The first-order chi connectivity index (χ1) is 18.5. The van der Waals surface area contributed by atoms with Gasteiger partial charge in [-0.1, -0.05) is 11.6 Å². The second kappa shape index (κ2) is 10.2. The van der Waals surface area contributed by atoms with Gasteiger partial charge in [-0.3, -0.25) is 9.36 Å². The summed E-state index contributed by atoms with van der Waals surface area (Å²) in [6.45, 7) is -1.43. The molecule has 3 atom stereocenters. The van der Waals surface area contributed by atoms with Gasteiger partial charge < -0.3 is 10.4 Å². The SMILES string of the molecule is O=C(NC1CC1F)c1cccnc1-n1cnc(Cn2nc(-c3ccc(Cl)cc3)n(C[C@H](O)C(F)(F)F)c2=O)n1. The number of halogens is 5. The Kier molecular flexibility index (Phi) is 6.94. The number of benzene rings is 1. The fraction of sp³-hybridized carbons (Fsp3) is 0.304. The van der Waals surface area contributed by atoms with Gasteiger partial charge in [-0.2, -0.15) is 13.2 Å². The number of aliphatic hydroxyl groups excluding tert-OH is 1. The highest BCUT2D eigenvalue weighted by atomic mass is 35.5. The van der Waals surface area contributed by atoms with Crippen molar-refractivity contribution in [3.05, 3.63) is 75.8 Å². The van der Waals surface area contributed by atoms with Crippen LogP contribution in [0.1, 0.15) is 22.6 Å². The van der Waals surface area contributed by atoms with Crippen LogP contribution in [0.15, 0.2) is 53.7 Å². The van der Waals surface area contributed by atoms with Crippen LogP contribution in [0.2, 0.25) is 5.02 Å². The molecular formula is C23H19ClF4N8O3. The van der Waals surface area contributed by atoms with Gasteiger partial charge in [0, 0.05) is 23.2 Å². The maximum Gasteiger partial charge on any atom is 0.416 e. The zero-order chi connectivity index (χ0) is 27.9. The molecule has 11 nitrogen and oxygen atoms in total. The Hall–Kier alpha value is -4.11. The molecule has 3 aromatic heterocycles. The van der Waals surface area contributed by atoms with Gasteiger partial charge in [-0.05, 0) is 36.4 Å². The summed E-state index contributed by atoms with van der Waals surface area (Å²) >= 11 is 5.90. The minimum absolute atomic E-state index is 0.0313. The Morgan fingerprint density at radius 2 is 1.90 bits per heavy atom. The van der Waals surface area contributed by atoms with Gasteiger partial charge in [-0.15, -0.1) is 10.2 Å². The van der Waals surface area contributed by atoms with E-state index >= 15 is 0 Å². The molecule has 2 N–H and O–H groups in total. The lowest BCUT2D eigenvalue weighted by Gasteiger charge is -2.15. The molecule has 5 rings (SSSR count). The number of carbonyl (C=O) groups is 1. The molecule has 0 aliphatic heterocycles. The summed E-state index contributed by atoms with van der Waals surface area (Å²) in [6.07, 6.45) is -5.99. The van der Waals surface area contributed by atoms with Gasteiger partial charge in [0.2, 0.25) is 0 Å². The normalized spacial score (nSPS) is 17.7. The first-order valence-corrected chi connectivity index (χ1v) is 11.9. The monoisotopic (exact) mass is 566 g/mol. The van der Waals surface area contributed by atoms with Gasteiger partial charge in [0.15, 0.2) is 23.6 Å². The third kappa shape index (κ3) is 5.68. The zero-order valence-corrected chi connectivity index (χ0v) is 20.5. The predicted molar refractivity (Wildman–Crippen MR) is 128 cm³/mol. The number of aliphatic hydroxyl groups is 1. The molecule has 1 aliphatic carbocycles. The molecule has 2 unspecified atom stereocenters. The van der Waals surface area contributed by atoms with Crippen molar-refractivity contribution in [3.63, 3.8) is 0 Å². The molecule has 3 heterocycles. The number of nitrogens with one attached hydrogen (secondary N) is 1. The van der Waals surface area contributed by atoms with E-state index in [2.05, 4.69) is 25.5 Å². The van der Waals surface area contributed by atoms with Crippen molar-refractivity contribution in [1.29, 1.82) is 0 Å². The summed E-state index contributed by atoms with van der Waals surface area (Å²) in [4.78, 5) is 33.9. The van der Waals surface area contributed by atoms with Crippen LogP contribution in [0.4, 0.5) is 17.6 Å². The molecule has 1 amide bonds. The number of alkyl halides is 4. The minimum atomic E-state index is -4.96. The number of hydrogen-bond acceptors (Lipinski definition) is 7. The third-order valence-electron chi connectivity index (χ3n) is 5.87. The fourth-order valence-corrected chi connectivity index (χ4v) is 3.85. The number of rotatable bonds is 8. The first-order valence-electron chi connectivity index (χ1n) is 11.5. The standard InChI is InChI=1S/C23H19ClF4N8O3/c24-13-5-3-12(4-6-13)19-33-35(22(39)34(19)9-17(37)23(26,27)28)10-18-30-11-36(32-18)20-14(2-1-7-29-20)21(38)31-16-8-15(16)25/h1-7,11,15-17,37H,8-10H2,(H,31,38)/t15?,16?,17-/m0/s1. The topological polar surface area (TPSA) is 133 Å². The van der Waals surface area contributed by atoms with E-state index in [-0.39, 0.29) is 36.0 Å². The van der Waals surface area contributed by atoms with E-state index in [0.29, 0.717) is 15.2 Å². The Morgan fingerprint density at radius 3 is 2.56 bits per heavy atom. The molecule has 0 saturated heterocycles. The lowest BCUT2D eigenvalue weighted by Crippen LogP contribution is -2.37. The van der Waals surface area contributed by atoms with Crippen molar-refractivity contribution in [2.45, 2.75) is 44.0 Å². The Bertz CT molecular complexity index is 1570. The van der Waals surface area contributed by atoms with Crippen molar-refractivity contribution in [2.75, 3.05) is 0 Å². The molecule has 4 aromatic rings. The van der Waals surface area contributed by atoms with Gasteiger partial charge >= 0.3 is 11.9 Å². The van der Waals surface area contributed by atoms with Crippen LogP contribution in [0.5, 0.6) is 0 Å². The summed E-state index contributed by atoms with van der Waals surface area (Å²) < 4.78 is 55.2. The Labute approximate surface area is 221 Å². The Morgan fingerprint density at radius 1 is 1.18 bits per heavy atom. The highest BCUT2D eigenvalue weighted by Gasteiger charge is 2.40.